The summed E-state index contributed by atoms with van der Waals surface area (Å²) in [4.78, 5) is 17.1. The summed E-state index contributed by atoms with van der Waals surface area (Å²) in [6, 6.07) is 5.62. The summed E-state index contributed by atoms with van der Waals surface area (Å²) in [6.07, 6.45) is 1.30. The summed E-state index contributed by atoms with van der Waals surface area (Å²) in [7, 11) is -2.76. The molecular weight excluding hydrogens is 465 g/mol. The lowest BCUT2D eigenvalue weighted by atomic mass is 10.2. The van der Waals surface area contributed by atoms with Crippen LogP contribution in [0.4, 0.5) is 10.2 Å². The standard InChI is InChI=1S/C16H14BrClFN3O4S/c1-26-15(23)8-21-9-22(7-10-2-3-11(17)4-13(10)19)27(24,25)14-5-12(18)6-20-16(14)21/h2-6H,7-9H2,1H3. The zero-order valence-corrected chi connectivity index (χ0v) is 17.2. The van der Waals surface area contributed by atoms with E-state index in [0.29, 0.717) is 4.47 Å². The molecule has 0 radical (unpaired) electrons. The molecular formula is C16H14BrClFN3O4S. The van der Waals surface area contributed by atoms with Gasteiger partial charge in [-0.1, -0.05) is 33.6 Å². The van der Waals surface area contributed by atoms with E-state index in [1.807, 2.05) is 0 Å². The summed E-state index contributed by atoms with van der Waals surface area (Å²) in [5.74, 6) is -1.02. The van der Waals surface area contributed by atoms with E-state index in [1.165, 1.54) is 36.4 Å². The molecule has 0 fully saturated rings. The van der Waals surface area contributed by atoms with Crippen molar-refractivity contribution in [2.45, 2.75) is 11.4 Å². The summed E-state index contributed by atoms with van der Waals surface area (Å²) >= 11 is 9.08. The average molecular weight is 479 g/mol. The van der Waals surface area contributed by atoms with Gasteiger partial charge in [-0.15, -0.1) is 0 Å². The molecule has 0 N–H and O–H groups in total. The Balaban J connectivity index is 2.03. The molecule has 0 bridgehead atoms. The first-order chi connectivity index (χ1) is 12.7. The minimum atomic E-state index is -3.99. The fraction of sp³-hybridized carbons (Fsp3) is 0.250. The Kier molecular flexibility index (Phi) is 5.71. The number of halogens is 3. The number of methoxy groups -OCH3 is 1. The number of nitrogens with zero attached hydrogens (tertiary/aromatic N) is 3. The van der Waals surface area contributed by atoms with E-state index in [4.69, 9.17) is 11.6 Å². The van der Waals surface area contributed by atoms with E-state index in [-0.39, 0.29) is 41.1 Å². The van der Waals surface area contributed by atoms with Gasteiger partial charge in [0.25, 0.3) is 0 Å². The largest absolute Gasteiger partial charge is 0.468 e. The lowest BCUT2D eigenvalue weighted by Gasteiger charge is -2.36. The minimum Gasteiger partial charge on any atom is -0.468 e. The average Bonchev–Trinajstić information content (AvgIpc) is 2.61. The van der Waals surface area contributed by atoms with Crippen LogP contribution in [0.3, 0.4) is 0 Å². The van der Waals surface area contributed by atoms with Crippen LogP contribution in [0.2, 0.25) is 5.02 Å². The third kappa shape index (κ3) is 4.08. The van der Waals surface area contributed by atoms with Gasteiger partial charge >= 0.3 is 5.97 Å². The highest BCUT2D eigenvalue weighted by Crippen LogP contribution is 2.34. The molecule has 0 amide bonds. The van der Waals surface area contributed by atoms with Gasteiger partial charge in [-0.25, -0.2) is 17.8 Å². The van der Waals surface area contributed by atoms with E-state index in [1.54, 1.807) is 6.07 Å². The first kappa shape index (κ1) is 20.0. The van der Waals surface area contributed by atoms with E-state index in [0.717, 1.165) is 4.31 Å². The number of anilines is 1. The van der Waals surface area contributed by atoms with E-state index < -0.39 is 21.8 Å². The Morgan fingerprint density at radius 1 is 1.41 bits per heavy atom. The highest BCUT2D eigenvalue weighted by Gasteiger charge is 2.37. The molecule has 1 aliphatic heterocycles. The van der Waals surface area contributed by atoms with Gasteiger partial charge in [-0.05, 0) is 18.2 Å². The van der Waals surface area contributed by atoms with E-state index >= 15 is 0 Å². The molecule has 2 heterocycles. The maximum absolute atomic E-state index is 14.2. The number of esters is 1. The number of hydrogen-bond acceptors (Lipinski definition) is 6. The van der Waals surface area contributed by atoms with Crippen LogP contribution >= 0.6 is 27.5 Å². The Hall–Kier alpha value is -1.75. The van der Waals surface area contributed by atoms with Gasteiger partial charge in [-0.2, -0.15) is 4.31 Å². The Bertz CT molecular complexity index is 1010. The molecule has 1 aromatic heterocycles. The van der Waals surface area contributed by atoms with Crippen LogP contribution in [0, 0.1) is 5.82 Å². The van der Waals surface area contributed by atoms with Gasteiger partial charge in [0.2, 0.25) is 10.0 Å². The molecule has 7 nitrogen and oxygen atoms in total. The van der Waals surface area contributed by atoms with Gasteiger partial charge in [0, 0.05) is 22.8 Å². The van der Waals surface area contributed by atoms with Crippen LogP contribution in [-0.4, -0.2) is 44.0 Å². The number of hydrogen-bond donors (Lipinski definition) is 0. The quantitative estimate of drug-likeness (QED) is 0.629. The van der Waals surface area contributed by atoms with E-state index in [2.05, 4.69) is 25.7 Å². The minimum absolute atomic E-state index is 0.0947. The molecule has 1 aliphatic rings. The fourth-order valence-electron chi connectivity index (χ4n) is 2.63. The highest BCUT2D eigenvalue weighted by molar-refractivity contribution is 9.10. The lowest BCUT2D eigenvalue weighted by Crippen LogP contribution is -2.48. The molecule has 0 saturated heterocycles. The zero-order valence-electron chi connectivity index (χ0n) is 14.0. The first-order valence-corrected chi connectivity index (χ1v) is 10.2. The predicted octanol–water partition coefficient (Wildman–Crippen LogP) is 2.78. The number of ether oxygens (including phenoxy) is 1. The van der Waals surface area contributed by atoms with Crippen molar-refractivity contribution in [1.29, 1.82) is 0 Å². The molecule has 144 valence electrons. The van der Waals surface area contributed by atoms with Crippen LogP contribution in [-0.2, 0) is 26.1 Å². The smallest absolute Gasteiger partial charge is 0.325 e. The molecule has 27 heavy (non-hydrogen) atoms. The van der Waals surface area contributed by atoms with Crippen LogP contribution in [0.15, 0.2) is 39.8 Å². The van der Waals surface area contributed by atoms with E-state index in [9.17, 15) is 17.6 Å². The molecule has 0 aliphatic carbocycles. The van der Waals surface area contributed by atoms with Gasteiger partial charge in [0.05, 0.1) is 18.8 Å². The van der Waals surface area contributed by atoms with Crippen molar-refractivity contribution in [1.82, 2.24) is 9.29 Å². The van der Waals surface area contributed by atoms with Gasteiger partial charge < -0.3 is 9.64 Å². The van der Waals surface area contributed by atoms with Crippen LogP contribution in [0.1, 0.15) is 5.56 Å². The summed E-state index contributed by atoms with van der Waals surface area (Å²) < 4.78 is 46.5. The Labute approximate surface area is 168 Å². The Morgan fingerprint density at radius 2 is 2.15 bits per heavy atom. The number of fused-ring (bicyclic) bond motifs is 1. The van der Waals surface area contributed by atoms with Gasteiger partial charge in [-0.3, -0.25) is 4.79 Å². The van der Waals surface area contributed by atoms with Crippen molar-refractivity contribution in [2.24, 2.45) is 0 Å². The van der Waals surface area contributed by atoms with Crippen LogP contribution in [0.5, 0.6) is 0 Å². The monoisotopic (exact) mass is 477 g/mol. The topological polar surface area (TPSA) is 79.8 Å². The molecule has 0 unspecified atom stereocenters. The third-order valence-corrected chi connectivity index (χ3v) is 6.44. The van der Waals surface area contributed by atoms with Gasteiger partial charge in [0.1, 0.15) is 23.1 Å². The second-order valence-corrected chi connectivity index (χ2v) is 9.00. The highest BCUT2D eigenvalue weighted by atomic mass is 79.9. The molecule has 11 heteroatoms. The molecule has 3 rings (SSSR count). The summed E-state index contributed by atoms with van der Waals surface area (Å²) in [5.41, 5.74) is 0.193. The van der Waals surface area contributed by atoms with Crippen molar-refractivity contribution < 1.29 is 22.3 Å². The predicted molar refractivity (Wildman–Crippen MR) is 100 cm³/mol. The lowest BCUT2D eigenvalue weighted by molar-refractivity contribution is -0.139. The second kappa shape index (κ2) is 7.70. The van der Waals surface area contributed by atoms with Crippen molar-refractivity contribution in [3.63, 3.8) is 0 Å². The third-order valence-electron chi connectivity index (χ3n) is 3.95. The molecule has 0 atom stereocenters. The number of rotatable bonds is 4. The molecule has 1 aromatic carbocycles. The normalized spacial score (nSPS) is 16.1. The zero-order chi connectivity index (χ0) is 19.8. The molecule has 2 aromatic rings. The second-order valence-electron chi connectivity index (χ2n) is 5.74. The van der Waals surface area contributed by atoms with Gasteiger partial charge in [0.15, 0.2) is 0 Å². The summed E-state index contributed by atoms with van der Waals surface area (Å²) in [5, 5.41) is 0.131. The van der Waals surface area contributed by atoms with Crippen molar-refractivity contribution in [3.05, 3.63) is 51.3 Å². The van der Waals surface area contributed by atoms with Crippen LogP contribution < -0.4 is 4.90 Å². The fourth-order valence-corrected chi connectivity index (χ4v) is 4.76. The number of pyridine rings is 1. The van der Waals surface area contributed by atoms with Crippen molar-refractivity contribution in [2.75, 3.05) is 25.2 Å². The van der Waals surface area contributed by atoms with Crippen molar-refractivity contribution >= 4 is 49.3 Å². The maximum Gasteiger partial charge on any atom is 0.325 e. The number of carbonyl (C=O) groups is 1. The number of sulfonamides is 1. The number of benzene rings is 1. The van der Waals surface area contributed by atoms with Crippen molar-refractivity contribution in [3.8, 4) is 0 Å². The number of carbonyl (C=O) groups excluding carboxylic acids is 1. The first-order valence-electron chi connectivity index (χ1n) is 7.63. The number of aromatic nitrogens is 1. The molecule has 0 saturated carbocycles. The Morgan fingerprint density at radius 3 is 2.81 bits per heavy atom. The summed E-state index contributed by atoms with van der Waals surface area (Å²) in [6.45, 7) is -0.618. The molecule has 0 spiro atoms. The maximum atomic E-state index is 14.2. The van der Waals surface area contributed by atoms with Crippen LogP contribution in [0.25, 0.3) is 0 Å². The SMILES string of the molecule is COC(=O)CN1CN(Cc2ccc(Br)cc2F)S(=O)(=O)c2cc(Cl)cnc21.